The molecular formula is C37H40N2O7. The summed E-state index contributed by atoms with van der Waals surface area (Å²) >= 11 is 0. The number of aliphatic hydroxyl groups excluding tert-OH is 1. The number of allylic oxidation sites excluding steroid dienone is 2. The number of nitrogens with one attached hydrogen (secondary N) is 1. The zero-order valence-electron chi connectivity index (χ0n) is 25.8. The zero-order valence-corrected chi connectivity index (χ0v) is 25.8. The fourth-order valence-corrected chi connectivity index (χ4v) is 5.91. The number of aliphatic hydroxyl groups is 1. The Kier molecular flexibility index (Phi) is 11.3. The minimum Gasteiger partial charge on any atom is -0.463 e. The fourth-order valence-electron chi connectivity index (χ4n) is 5.91. The highest BCUT2D eigenvalue weighted by molar-refractivity contribution is 5.89. The number of carbonyl (C=O) groups is 4. The van der Waals surface area contributed by atoms with Crippen molar-refractivity contribution in [2.75, 3.05) is 13.2 Å². The number of hydrogen-bond donors (Lipinski definition) is 2. The normalized spacial score (nSPS) is 22.0. The number of amides is 2. The summed E-state index contributed by atoms with van der Waals surface area (Å²) in [4.78, 5) is 55.4. The number of fused-ring (bicyclic) bond motifs is 1. The van der Waals surface area contributed by atoms with Crippen molar-refractivity contribution in [3.63, 3.8) is 0 Å². The lowest BCUT2D eigenvalue weighted by molar-refractivity contribution is -0.157. The highest BCUT2D eigenvalue weighted by Crippen LogP contribution is 2.26. The second-order valence-electron chi connectivity index (χ2n) is 11.8. The molecule has 2 aliphatic rings. The summed E-state index contributed by atoms with van der Waals surface area (Å²) in [7, 11) is 0. The van der Waals surface area contributed by atoms with Gasteiger partial charge in [0, 0.05) is 13.0 Å². The smallest absolute Gasteiger partial charge is 0.332 e. The second-order valence-corrected chi connectivity index (χ2v) is 11.8. The van der Waals surface area contributed by atoms with Gasteiger partial charge in [-0.2, -0.15) is 0 Å². The van der Waals surface area contributed by atoms with E-state index in [0.29, 0.717) is 25.8 Å². The number of rotatable bonds is 8. The number of esters is 2. The molecular weight excluding hydrogens is 584 g/mol. The molecule has 3 aromatic carbocycles. The lowest BCUT2D eigenvalue weighted by atomic mass is 9.92. The molecule has 0 fully saturated rings. The van der Waals surface area contributed by atoms with Gasteiger partial charge in [0.2, 0.25) is 11.8 Å². The molecule has 0 saturated carbocycles. The van der Waals surface area contributed by atoms with E-state index in [4.69, 9.17) is 9.47 Å². The van der Waals surface area contributed by atoms with Crippen LogP contribution in [-0.2, 0) is 54.6 Å². The number of nitrogens with zero attached hydrogens (tertiary/aromatic N) is 1. The molecule has 4 atom stereocenters. The molecule has 2 N–H and O–H groups in total. The Balaban J connectivity index is 1.34. The maximum atomic E-state index is 13.7. The van der Waals surface area contributed by atoms with Crippen molar-refractivity contribution in [2.24, 2.45) is 11.8 Å². The van der Waals surface area contributed by atoms with Crippen molar-refractivity contribution in [2.45, 2.75) is 57.3 Å². The highest BCUT2D eigenvalue weighted by atomic mass is 16.6. The Morgan fingerprint density at radius 3 is 2.17 bits per heavy atom. The first-order chi connectivity index (χ1) is 22.4. The van der Waals surface area contributed by atoms with Gasteiger partial charge in [-0.15, -0.1) is 0 Å². The predicted octanol–water partition coefficient (Wildman–Crippen LogP) is 3.92. The lowest BCUT2D eigenvalue weighted by Crippen LogP contribution is -2.50. The third kappa shape index (κ3) is 8.69. The molecule has 0 radical (unpaired) electrons. The number of ether oxygens (including phenoxy) is 2. The van der Waals surface area contributed by atoms with E-state index in [1.807, 2.05) is 97.1 Å². The summed E-state index contributed by atoms with van der Waals surface area (Å²) < 4.78 is 11.1. The average Bonchev–Trinajstić information content (AvgIpc) is 3.09. The van der Waals surface area contributed by atoms with Crippen LogP contribution in [-0.4, -0.2) is 59.1 Å². The first kappa shape index (κ1) is 32.6. The van der Waals surface area contributed by atoms with Gasteiger partial charge in [-0.1, -0.05) is 97.1 Å². The molecule has 9 heteroatoms. The van der Waals surface area contributed by atoms with Gasteiger partial charge in [-0.05, 0) is 47.9 Å². The van der Waals surface area contributed by atoms with Crippen LogP contribution in [0.2, 0.25) is 0 Å². The summed E-state index contributed by atoms with van der Waals surface area (Å²) in [5, 5.41) is 12.8. The molecule has 2 heterocycles. The number of benzene rings is 3. The number of carbonyl (C=O) groups excluding carboxylic acids is 4. The van der Waals surface area contributed by atoms with Crippen molar-refractivity contribution < 1.29 is 33.8 Å². The lowest BCUT2D eigenvalue weighted by Gasteiger charge is -2.36. The number of hydrogen-bond acceptors (Lipinski definition) is 7. The molecule has 46 heavy (non-hydrogen) atoms. The van der Waals surface area contributed by atoms with E-state index in [1.165, 1.54) is 0 Å². The Bertz CT molecular complexity index is 1520. The van der Waals surface area contributed by atoms with Gasteiger partial charge in [-0.25, -0.2) is 4.79 Å². The van der Waals surface area contributed by atoms with Crippen LogP contribution in [0.1, 0.15) is 41.5 Å². The third-order valence-electron chi connectivity index (χ3n) is 8.56. The Labute approximate surface area is 269 Å². The molecule has 0 aromatic heterocycles. The van der Waals surface area contributed by atoms with Crippen LogP contribution in [0.3, 0.4) is 0 Å². The van der Waals surface area contributed by atoms with Gasteiger partial charge in [-0.3, -0.25) is 14.4 Å². The van der Waals surface area contributed by atoms with Gasteiger partial charge in [0.1, 0.15) is 13.2 Å². The van der Waals surface area contributed by atoms with Crippen molar-refractivity contribution in [3.05, 3.63) is 119 Å². The SMILES string of the molecule is O=C1N[C@@H](C(=O)OCc2ccccc2)COC(=O)[C@H](Cc2ccccc2)CC=CC[C@@H]1CC(=O)N1Cc2ccccc2C[C@H]1CO. The van der Waals surface area contributed by atoms with E-state index in [9.17, 15) is 24.3 Å². The van der Waals surface area contributed by atoms with Crippen molar-refractivity contribution in [1.82, 2.24) is 10.2 Å². The quantitative estimate of drug-likeness (QED) is 0.288. The van der Waals surface area contributed by atoms with Crippen LogP contribution in [0.25, 0.3) is 0 Å². The molecule has 3 aromatic rings. The summed E-state index contributed by atoms with van der Waals surface area (Å²) in [5.41, 5.74) is 3.84. The van der Waals surface area contributed by atoms with E-state index in [0.717, 1.165) is 22.3 Å². The minimum absolute atomic E-state index is 0.0136. The molecule has 0 spiro atoms. The summed E-state index contributed by atoms with van der Waals surface area (Å²) in [6.07, 6.45) is 5.11. The van der Waals surface area contributed by atoms with Crippen LogP contribution in [0, 0.1) is 11.8 Å². The Hall–Kier alpha value is -4.76. The summed E-state index contributed by atoms with van der Waals surface area (Å²) in [6.45, 7) is -0.264. The Morgan fingerprint density at radius 1 is 0.848 bits per heavy atom. The standard InChI is InChI=1S/C37H40N2O7/c40-23-32-20-28-15-7-10-18-31(28)22-39(32)34(41)21-29-16-8-9-17-30(19-26-11-3-1-4-12-26)36(43)46-25-33(38-35(29)42)37(44)45-24-27-13-5-2-6-14-27/h1-15,18,29-30,32-33,40H,16-17,19-25H2,(H,38,42)/t29-,30+,32+,33-/m1/s1. The maximum Gasteiger partial charge on any atom is 0.332 e. The first-order valence-corrected chi connectivity index (χ1v) is 15.7. The van der Waals surface area contributed by atoms with E-state index in [1.54, 1.807) is 4.90 Å². The average molecular weight is 625 g/mol. The first-order valence-electron chi connectivity index (χ1n) is 15.7. The van der Waals surface area contributed by atoms with Gasteiger partial charge < -0.3 is 24.8 Å². The van der Waals surface area contributed by atoms with Gasteiger partial charge >= 0.3 is 11.9 Å². The molecule has 240 valence electrons. The molecule has 0 aliphatic carbocycles. The zero-order chi connectivity index (χ0) is 32.3. The molecule has 2 amide bonds. The van der Waals surface area contributed by atoms with Crippen molar-refractivity contribution in [3.8, 4) is 0 Å². The second kappa shape index (κ2) is 16.0. The van der Waals surface area contributed by atoms with Crippen LogP contribution < -0.4 is 5.32 Å². The molecule has 9 nitrogen and oxygen atoms in total. The van der Waals surface area contributed by atoms with Crippen LogP contribution >= 0.6 is 0 Å². The Morgan fingerprint density at radius 2 is 1.48 bits per heavy atom. The topological polar surface area (TPSA) is 122 Å². The summed E-state index contributed by atoms with van der Waals surface area (Å²) in [6, 6.07) is 24.9. The van der Waals surface area contributed by atoms with E-state index >= 15 is 0 Å². The fraction of sp³-hybridized carbons (Fsp3) is 0.351. The van der Waals surface area contributed by atoms with Crippen molar-refractivity contribution in [1.29, 1.82) is 0 Å². The molecule has 0 bridgehead atoms. The molecule has 0 unspecified atom stereocenters. The molecule has 2 aliphatic heterocycles. The third-order valence-corrected chi connectivity index (χ3v) is 8.56. The van der Waals surface area contributed by atoms with E-state index in [2.05, 4.69) is 5.32 Å². The van der Waals surface area contributed by atoms with Gasteiger partial charge in [0.15, 0.2) is 6.04 Å². The monoisotopic (exact) mass is 624 g/mol. The maximum absolute atomic E-state index is 13.7. The van der Waals surface area contributed by atoms with Gasteiger partial charge in [0.25, 0.3) is 0 Å². The van der Waals surface area contributed by atoms with Crippen LogP contribution in [0.4, 0.5) is 0 Å². The van der Waals surface area contributed by atoms with Crippen LogP contribution in [0.15, 0.2) is 97.1 Å². The molecule has 5 rings (SSSR count). The van der Waals surface area contributed by atoms with E-state index < -0.39 is 48.4 Å². The van der Waals surface area contributed by atoms with E-state index in [-0.39, 0.29) is 32.0 Å². The van der Waals surface area contributed by atoms with Crippen molar-refractivity contribution >= 4 is 23.8 Å². The van der Waals surface area contributed by atoms with Gasteiger partial charge in [0.05, 0.1) is 24.5 Å². The predicted molar refractivity (Wildman–Crippen MR) is 171 cm³/mol. The summed E-state index contributed by atoms with van der Waals surface area (Å²) in [5.74, 6) is -3.30. The number of cyclic esters (lactones) is 1. The largest absolute Gasteiger partial charge is 0.463 e. The minimum atomic E-state index is -1.26. The highest BCUT2D eigenvalue weighted by Gasteiger charge is 2.34. The van der Waals surface area contributed by atoms with Crippen LogP contribution in [0.5, 0.6) is 0 Å². The molecule has 0 saturated heterocycles.